The Hall–Kier alpha value is -2.93. The summed E-state index contributed by atoms with van der Waals surface area (Å²) in [5, 5.41) is 16.0. The maximum absolute atomic E-state index is 8.77. The average Bonchev–Trinajstić information content (AvgIpc) is 2.98. The molecule has 0 aliphatic heterocycles. The number of nitriles is 1. The van der Waals surface area contributed by atoms with Gasteiger partial charge in [-0.25, -0.2) is 0 Å². The Bertz CT molecular complexity index is 721. The molecule has 0 aliphatic carbocycles. The van der Waals surface area contributed by atoms with Crippen LogP contribution in [0.5, 0.6) is 0 Å². The molecule has 0 aliphatic rings. The van der Waals surface area contributed by atoms with Crippen LogP contribution < -0.4 is 0 Å². The van der Waals surface area contributed by atoms with Crippen LogP contribution in [0, 0.1) is 11.3 Å². The van der Waals surface area contributed by atoms with Crippen molar-refractivity contribution in [1.29, 1.82) is 5.26 Å². The molecule has 1 N–H and O–H groups in total. The summed E-state index contributed by atoms with van der Waals surface area (Å²) in [7, 11) is 0. The lowest BCUT2D eigenvalue weighted by molar-refractivity contribution is 1.09. The summed E-state index contributed by atoms with van der Waals surface area (Å²) in [6.07, 6.45) is 1.75. The van der Waals surface area contributed by atoms with Crippen LogP contribution in [0.1, 0.15) is 5.56 Å². The minimum atomic E-state index is 0.643. The summed E-state index contributed by atoms with van der Waals surface area (Å²) < 4.78 is 0. The number of hydrogen-bond donors (Lipinski definition) is 1. The van der Waals surface area contributed by atoms with Gasteiger partial charge in [-0.3, -0.25) is 10.1 Å². The molecule has 1 aromatic carbocycles. The predicted molar refractivity (Wildman–Crippen MR) is 72.0 cm³/mol. The van der Waals surface area contributed by atoms with E-state index in [4.69, 9.17) is 5.26 Å². The molecule has 0 saturated carbocycles. The van der Waals surface area contributed by atoms with Crippen LogP contribution >= 0.6 is 0 Å². The maximum atomic E-state index is 8.77. The van der Waals surface area contributed by atoms with Crippen LogP contribution in [0.15, 0.2) is 54.7 Å². The molecule has 0 radical (unpaired) electrons. The van der Waals surface area contributed by atoms with Crippen LogP contribution in [0.25, 0.3) is 22.6 Å². The highest BCUT2D eigenvalue weighted by Gasteiger charge is 2.06. The van der Waals surface area contributed by atoms with Crippen LogP contribution in [-0.4, -0.2) is 15.2 Å². The van der Waals surface area contributed by atoms with Crippen molar-refractivity contribution in [3.8, 4) is 28.7 Å². The highest BCUT2D eigenvalue weighted by atomic mass is 15.1. The summed E-state index contributed by atoms with van der Waals surface area (Å²) in [6.45, 7) is 0. The number of aromatic nitrogens is 3. The number of H-pyrrole nitrogens is 1. The zero-order valence-electron chi connectivity index (χ0n) is 10.0. The van der Waals surface area contributed by atoms with Crippen molar-refractivity contribution in [2.45, 2.75) is 0 Å². The molecule has 90 valence electrons. The Balaban J connectivity index is 1.95. The van der Waals surface area contributed by atoms with E-state index in [1.165, 1.54) is 0 Å². The monoisotopic (exact) mass is 246 g/mol. The topological polar surface area (TPSA) is 65.4 Å². The van der Waals surface area contributed by atoms with E-state index in [2.05, 4.69) is 21.3 Å². The second-order valence-corrected chi connectivity index (χ2v) is 4.07. The van der Waals surface area contributed by atoms with Gasteiger partial charge in [0.25, 0.3) is 0 Å². The van der Waals surface area contributed by atoms with Crippen molar-refractivity contribution in [3.63, 3.8) is 0 Å². The Labute approximate surface area is 110 Å². The first kappa shape index (κ1) is 11.2. The highest BCUT2D eigenvalue weighted by Crippen LogP contribution is 2.22. The van der Waals surface area contributed by atoms with Crippen LogP contribution in [-0.2, 0) is 0 Å². The summed E-state index contributed by atoms with van der Waals surface area (Å²) in [5.74, 6) is 0. The van der Waals surface area contributed by atoms with Gasteiger partial charge in [0.2, 0.25) is 0 Å². The van der Waals surface area contributed by atoms with E-state index in [1.807, 2.05) is 36.4 Å². The van der Waals surface area contributed by atoms with Gasteiger partial charge in [0.1, 0.15) is 0 Å². The molecule has 0 spiro atoms. The molecule has 3 rings (SSSR count). The number of aromatic amines is 1. The van der Waals surface area contributed by atoms with Crippen molar-refractivity contribution in [3.05, 3.63) is 60.3 Å². The summed E-state index contributed by atoms with van der Waals surface area (Å²) in [6, 6.07) is 17.1. The largest absolute Gasteiger partial charge is 0.276 e. The van der Waals surface area contributed by atoms with E-state index in [0.717, 1.165) is 22.6 Å². The zero-order chi connectivity index (χ0) is 13.1. The van der Waals surface area contributed by atoms with Gasteiger partial charge in [-0.1, -0.05) is 18.2 Å². The molecule has 2 heterocycles. The number of benzene rings is 1. The molecule has 3 aromatic rings. The lowest BCUT2D eigenvalue weighted by atomic mass is 10.1. The number of rotatable bonds is 2. The fraction of sp³-hybridized carbons (Fsp3) is 0. The first-order chi connectivity index (χ1) is 9.36. The summed E-state index contributed by atoms with van der Waals surface area (Å²) >= 11 is 0. The van der Waals surface area contributed by atoms with Crippen molar-refractivity contribution in [2.24, 2.45) is 0 Å². The van der Waals surface area contributed by atoms with E-state index >= 15 is 0 Å². The molecule has 0 fully saturated rings. The minimum absolute atomic E-state index is 0.643. The zero-order valence-corrected chi connectivity index (χ0v) is 10.0. The second-order valence-electron chi connectivity index (χ2n) is 4.07. The van der Waals surface area contributed by atoms with Crippen LogP contribution in [0.2, 0.25) is 0 Å². The van der Waals surface area contributed by atoms with Gasteiger partial charge in [0.05, 0.1) is 28.7 Å². The van der Waals surface area contributed by atoms with E-state index in [1.54, 1.807) is 18.3 Å². The predicted octanol–water partition coefficient (Wildman–Crippen LogP) is 3.01. The van der Waals surface area contributed by atoms with E-state index < -0.39 is 0 Å². The highest BCUT2D eigenvalue weighted by molar-refractivity contribution is 5.66. The first-order valence-electron chi connectivity index (χ1n) is 5.84. The van der Waals surface area contributed by atoms with Gasteiger partial charge in [-0.2, -0.15) is 10.4 Å². The lowest BCUT2D eigenvalue weighted by Gasteiger charge is -1.95. The molecule has 0 bridgehead atoms. The third kappa shape index (κ3) is 2.22. The number of hydrogen-bond acceptors (Lipinski definition) is 3. The van der Waals surface area contributed by atoms with Gasteiger partial charge in [0.15, 0.2) is 0 Å². The van der Waals surface area contributed by atoms with Crippen molar-refractivity contribution in [1.82, 2.24) is 15.2 Å². The fourth-order valence-corrected chi connectivity index (χ4v) is 1.84. The maximum Gasteiger partial charge on any atom is 0.0991 e. The molecule has 0 atom stereocenters. The normalized spacial score (nSPS) is 10.1. The third-order valence-electron chi connectivity index (χ3n) is 2.83. The van der Waals surface area contributed by atoms with Gasteiger partial charge in [0, 0.05) is 11.8 Å². The molecule has 4 heteroatoms. The molecule has 4 nitrogen and oxygen atoms in total. The Morgan fingerprint density at radius 2 is 1.84 bits per heavy atom. The molecule has 0 amide bonds. The molecule has 19 heavy (non-hydrogen) atoms. The number of nitrogens with one attached hydrogen (secondary N) is 1. The average molecular weight is 246 g/mol. The third-order valence-corrected chi connectivity index (χ3v) is 2.83. The summed E-state index contributed by atoms with van der Waals surface area (Å²) in [5.41, 5.74) is 4.18. The standard InChI is InChI=1S/C15H10N4/c16-10-11-4-6-12(7-5-11)14-9-15(19-18-14)13-3-1-2-8-17-13/h1-9H,(H,18,19). The molecule has 2 aromatic heterocycles. The van der Waals surface area contributed by atoms with Gasteiger partial charge >= 0.3 is 0 Å². The molecular weight excluding hydrogens is 236 g/mol. The second kappa shape index (κ2) is 4.75. The van der Waals surface area contributed by atoms with Crippen molar-refractivity contribution in [2.75, 3.05) is 0 Å². The SMILES string of the molecule is N#Cc1ccc(-c2cc(-c3ccccn3)[nH]n2)cc1. The molecule has 0 saturated heterocycles. The number of pyridine rings is 1. The molecule has 0 unspecified atom stereocenters. The van der Waals surface area contributed by atoms with E-state index in [9.17, 15) is 0 Å². The first-order valence-corrected chi connectivity index (χ1v) is 5.84. The van der Waals surface area contributed by atoms with Gasteiger partial charge in [-0.15, -0.1) is 0 Å². The lowest BCUT2D eigenvalue weighted by Crippen LogP contribution is -1.80. The van der Waals surface area contributed by atoms with Crippen molar-refractivity contribution >= 4 is 0 Å². The van der Waals surface area contributed by atoms with E-state index in [-0.39, 0.29) is 0 Å². The quantitative estimate of drug-likeness (QED) is 0.755. The molecular formula is C15H10N4. The van der Waals surface area contributed by atoms with Crippen LogP contribution in [0.4, 0.5) is 0 Å². The van der Waals surface area contributed by atoms with Gasteiger partial charge in [-0.05, 0) is 30.3 Å². The summed E-state index contributed by atoms with van der Waals surface area (Å²) in [4.78, 5) is 4.27. The number of nitrogens with zero attached hydrogens (tertiary/aromatic N) is 3. The Morgan fingerprint density at radius 3 is 2.53 bits per heavy atom. The van der Waals surface area contributed by atoms with Crippen LogP contribution in [0.3, 0.4) is 0 Å². The Morgan fingerprint density at radius 1 is 1.00 bits per heavy atom. The van der Waals surface area contributed by atoms with E-state index in [0.29, 0.717) is 5.56 Å². The minimum Gasteiger partial charge on any atom is -0.276 e. The Kier molecular flexibility index (Phi) is 2.79. The smallest absolute Gasteiger partial charge is 0.0991 e. The van der Waals surface area contributed by atoms with Crippen molar-refractivity contribution < 1.29 is 0 Å². The van der Waals surface area contributed by atoms with Gasteiger partial charge < -0.3 is 0 Å². The fourth-order valence-electron chi connectivity index (χ4n) is 1.84.